The molecule has 1 atom stereocenters. The van der Waals surface area contributed by atoms with E-state index in [-0.39, 0.29) is 48.8 Å². The molecule has 2 amide bonds. The van der Waals surface area contributed by atoms with Crippen molar-refractivity contribution in [2.45, 2.75) is 33.2 Å². The van der Waals surface area contributed by atoms with Gasteiger partial charge >= 0.3 is 6.03 Å². The summed E-state index contributed by atoms with van der Waals surface area (Å²) in [5, 5.41) is 11.9. The van der Waals surface area contributed by atoms with E-state index in [4.69, 9.17) is 15.9 Å². The fourth-order valence-electron chi connectivity index (χ4n) is 4.58. The summed E-state index contributed by atoms with van der Waals surface area (Å²) in [7, 11) is 1.64. The molecule has 0 bridgehead atoms. The first-order chi connectivity index (χ1) is 17.9. The van der Waals surface area contributed by atoms with Gasteiger partial charge in [-0.15, -0.1) is 0 Å². The molecular weight excluding hydrogens is 493 g/mol. The molecule has 2 saturated heterocycles. The Morgan fingerprint density at radius 3 is 2.39 bits per heavy atom. The number of hydrogen-bond acceptors (Lipinski definition) is 7. The van der Waals surface area contributed by atoms with E-state index >= 15 is 4.39 Å². The van der Waals surface area contributed by atoms with Crippen LogP contribution in [0, 0.1) is 16.6 Å². The highest BCUT2D eigenvalue weighted by Gasteiger charge is 2.42. The van der Waals surface area contributed by atoms with Gasteiger partial charge in [0.15, 0.2) is 17.4 Å². The Morgan fingerprint density at radius 2 is 1.82 bits per heavy atom. The Balaban J connectivity index is 1.64. The molecule has 2 aliphatic heterocycles. The van der Waals surface area contributed by atoms with Gasteiger partial charge in [-0.3, -0.25) is 15.0 Å². The van der Waals surface area contributed by atoms with Crippen molar-refractivity contribution in [3.05, 3.63) is 46.9 Å². The van der Waals surface area contributed by atoms with Crippen molar-refractivity contribution in [1.82, 2.24) is 19.6 Å². The van der Waals surface area contributed by atoms with E-state index in [1.165, 1.54) is 4.90 Å². The van der Waals surface area contributed by atoms with E-state index in [1.807, 2.05) is 0 Å². The maximum absolute atomic E-state index is 16.1. The lowest BCUT2D eigenvalue weighted by molar-refractivity contribution is -0.118. The van der Waals surface area contributed by atoms with Gasteiger partial charge in [0.2, 0.25) is 0 Å². The largest absolute Gasteiger partial charge is 0.384 e. The molecule has 4 rings (SSSR count). The Bertz CT molecular complexity index is 1250. The molecule has 3 heterocycles. The molecular formula is C26H34FN7O4. The van der Waals surface area contributed by atoms with Crippen molar-refractivity contribution in [3.63, 3.8) is 0 Å². The third kappa shape index (κ3) is 5.40. The van der Waals surface area contributed by atoms with Crippen molar-refractivity contribution in [2.75, 3.05) is 51.3 Å². The van der Waals surface area contributed by atoms with Crippen LogP contribution >= 0.6 is 0 Å². The molecule has 0 aliphatic carbocycles. The molecule has 2 fully saturated rings. The van der Waals surface area contributed by atoms with Gasteiger partial charge in [-0.1, -0.05) is 45.0 Å². The summed E-state index contributed by atoms with van der Waals surface area (Å²) in [5.41, 5.74) is 5.88. The number of nitrogen functional groups attached to an aromatic ring is 1. The van der Waals surface area contributed by atoms with Crippen LogP contribution in [0.4, 0.5) is 15.0 Å². The number of urea groups is 1. The maximum Gasteiger partial charge on any atom is 0.320 e. The van der Waals surface area contributed by atoms with Gasteiger partial charge in [0.05, 0.1) is 25.7 Å². The SMILES string of the molecule is CN(Cc1ccc(C(=N)N)cc1)c1c(F)c(C2CN(C(=O)N3CCOCC3)CC2=O)nn1C(=O)C(C)(C)C. The molecule has 0 spiro atoms. The standard InChI is InChI=1S/C26H34FN7O4/c1-26(2,3)24(36)34-23(31(4)13-16-5-7-17(8-6-16)22(28)29)20(27)21(30-34)18-14-33(15-19(18)35)25(37)32-9-11-38-12-10-32/h5-8,18H,9-15H2,1-4H3,(H3,28,29). The topological polar surface area (TPSA) is 138 Å². The van der Waals surface area contributed by atoms with Crippen LogP contribution in [-0.2, 0) is 16.1 Å². The minimum Gasteiger partial charge on any atom is -0.384 e. The number of halogens is 1. The normalized spacial score (nSPS) is 18.1. The number of amides is 2. The van der Waals surface area contributed by atoms with E-state index in [9.17, 15) is 14.4 Å². The molecule has 204 valence electrons. The summed E-state index contributed by atoms with van der Waals surface area (Å²) in [6.45, 7) is 6.93. The zero-order chi connectivity index (χ0) is 27.8. The number of carbonyl (C=O) groups is 3. The summed E-state index contributed by atoms with van der Waals surface area (Å²) >= 11 is 0. The molecule has 11 nitrogen and oxygen atoms in total. The smallest absolute Gasteiger partial charge is 0.320 e. The number of benzene rings is 1. The number of nitrogens with two attached hydrogens (primary N) is 1. The summed E-state index contributed by atoms with van der Waals surface area (Å²) in [6.07, 6.45) is 0. The minimum atomic E-state index is -0.976. The summed E-state index contributed by atoms with van der Waals surface area (Å²) in [5.74, 6) is -2.60. The van der Waals surface area contributed by atoms with Gasteiger partial charge in [0.1, 0.15) is 11.5 Å². The number of likely N-dealkylation sites (tertiary alicyclic amines) is 1. The molecule has 2 aromatic rings. The van der Waals surface area contributed by atoms with E-state index < -0.39 is 23.1 Å². The zero-order valence-electron chi connectivity index (χ0n) is 22.2. The Kier molecular flexibility index (Phi) is 7.54. The van der Waals surface area contributed by atoms with Gasteiger partial charge in [-0.25, -0.2) is 9.18 Å². The lowest BCUT2D eigenvalue weighted by atomic mass is 9.96. The second kappa shape index (κ2) is 10.5. The highest BCUT2D eigenvalue weighted by atomic mass is 19.1. The maximum atomic E-state index is 16.1. The van der Waals surface area contributed by atoms with Crippen LogP contribution in [0.3, 0.4) is 0 Å². The van der Waals surface area contributed by atoms with Crippen LogP contribution < -0.4 is 10.6 Å². The van der Waals surface area contributed by atoms with Crippen LogP contribution in [-0.4, -0.2) is 89.6 Å². The number of carbonyl (C=O) groups excluding carboxylic acids is 3. The quantitative estimate of drug-likeness (QED) is 0.448. The fraction of sp³-hybridized carbons (Fsp3) is 0.500. The van der Waals surface area contributed by atoms with Gasteiger partial charge in [0.25, 0.3) is 5.91 Å². The second-order valence-electron chi connectivity index (χ2n) is 10.7. The van der Waals surface area contributed by atoms with Gasteiger partial charge < -0.3 is 25.2 Å². The number of hydrogen-bond donors (Lipinski definition) is 2. The first kappa shape index (κ1) is 27.2. The first-order valence-electron chi connectivity index (χ1n) is 12.5. The summed E-state index contributed by atoms with van der Waals surface area (Å²) < 4.78 is 22.4. The number of nitrogens with zero attached hydrogens (tertiary/aromatic N) is 5. The van der Waals surface area contributed by atoms with Gasteiger partial charge in [-0.05, 0) is 5.56 Å². The number of anilines is 1. The van der Waals surface area contributed by atoms with Crippen LogP contribution in [0.1, 0.15) is 48.3 Å². The van der Waals surface area contributed by atoms with Gasteiger partial charge in [-0.2, -0.15) is 9.78 Å². The highest BCUT2D eigenvalue weighted by molar-refractivity contribution is 5.95. The number of ketones is 1. The molecule has 2 aliphatic rings. The second-order valence-corrected chi connectivity index (χ2v) is 10.7. The predicted octanol–water partition coefficient (Wildman–Crippen LogP) is 2.05. The number of ether oxygens (including phenoxy) is 1. The van der Waals surface area contributed by atoms with Crippen molar-refractivity contribution in [2.24, 2.45) is 11.1 Å². The molecule has 1 unspecified atom stereocenters. The molecule has 0 radical (unpaired) electrons. The third-order valence-corrected chi connectivity index (χ3v) is 6.73. The lowest BCUT2D eigenvalue weighted by Gasteiger charge is -2.30. The van der Waals surface area contributed by atoms with Crippen LogP contribution in [0.25, 0.3) is 0 Å². The average molecular weight is 528 g/mol. The Labute approximate surface area is 220 Å². The van der Waals surface area contributed by atoms with Crippen molar-refractivity contribution in [1.29, 1.82) is 5.41 Å². The molecule has 1 aromatic heterocycles. The Morgan fingerprint density at radius 1 is 1.18 bits per heavy atom. The molecule has 38 heavy (non-hydrogen) atoms. The highest BCUT2D eigenvalue weighted by Crippen LogP contribution is 2.33. The number of amidine groups is 1. The molecule has 1 aromatic carbocycles. The summed E-state index contributed by atoms with van der Waals surface area (Å²) in [4.78, 5) is 43.8. The van der Waals surface area contributed by atoms with Crippen LogP contribution in [0.15, 0.2) is 24.3 Å². The predicted molar refractivity (Wildman–Crippen MR) is 139 cm³/mol. The number of morpholine rings is 1. The van der Waals surface area contributed by atoms with E-state index in [0.29, 0.717) is 31.9 Å². The number of nitrogens with one attached hydrogen (secondary N) is 1. The lowest BCUT2D eigenvalue weighted by Crippen LogP contribution is -2.47. The van der Waals surface area contributed by atoms with Crippen molar-refractivity contribution >= 4 is 29.4 Å². The molecule has 0 saturated carbocycles. The molecule has 3 N–H and O–H groups in total. The van der Waals surface area contributed by atoms with Crippen molar-refractivity contribution < 1.29 is 23.5 Å². The molecule has 12 heteroatoms. The zero-order valence-corrected chi connectivity index (χ0v) is 22.2. The average Bonchev–Trinajstić information content (AvgIpc) is 3.42. The van der Waals surface area contributed by atoms with E-state index in [0.717, 1.165) is 10.2 Å². The number of Topliss-reactive ketones (excluding diaryl/α,β-unsaturated/α-hetero) is 1. The van der Waals surface area contributed by atoms with E-state index in [2.05, 4.69) is 5.10 Å². The minimum absolute atomic E-state index is 0.0116. The van der Waals surface area contributed by atoms with Crippen LogP contribution in [0.5, 0.6) is 0 Å². The third-order valence-electron chi connectivity index (χ3n) is 6.73. The number of rotatable bonds is 5. The summed E-state index contributed by atoms with van der Waals surface area (Å²) in [6, 6.07) is 6.65. The van der Waals surface area contributed by atoms with Gasteiger partial charge in [0, 0.05) is 44.2 Å². The Hall–Kier alpha value is -3.80. The first-order valence-corrected chi connectivity index (χ1v) is 12.5. The van der Waals surface area contributed by atoms with E-state index in [1.54, 1.807) is 61.9 Å². The fourth-order valence-corrected chi connectivity index (χ4v) is 4.58. The monoisotopic (exact) mass is 527 g/mol. The van der Waals surface area contributed by atoms with Crippen molar-refractivity contribution in [3.8, 4) is 0 Å². The number of aromatic nitrogens is 2. The van der Waals surface area contributed by atoms with Crippen LogP contribution in [0.2, 0.25) is 0 Å².